The first-order valence-electron chi connectivity index (χ1n) is 6.92. The average molecular weight is 262 g/mol. The Morgan fingerprint density at radius 1 is 1.47 bits per heavy atom. The molecule has 3 nitrogen and oxygen atoms in total. The second-order valence-electron chi connectivity index (χ2n) is 5.25. The maximum absolute atomic E-state index is 12.2. The Hall–Kier alpha value is -1.35. The Morgan fingerprint density at radius 2 is 2.26 bits per heavy atom. The highest BCUT2D eigenvalue weighted by molar-refractivity contribution is 5.87. The second-order valence-corrected chi connectivity index (χ2v) is 5.25. The van der Waals surface area contributed by atoms with Gasteiger partial charge in [0.1, 0.15) is 11.4 Å². The maximum atomic E-state index is 12.2. The number of hydrogen-bond donors (Lipinski definition) is 0. The molecule has 0 aromatic heterocycles. The van der Waals surface area contributed by atoms with Gasteiger partial charge in [-0.15, -0.1) is 0 Å². The average Bonchev–Trinajstić information content (AvgIpc) is 2.91. The van der Waals surface area contributed by atoms with Crippen molar-refractivity contribution in [2.45, 2.75) is 45.1 Å². The van der Waals surface area contributed by atoms with Crippen LogP contribution in [0.4, 0.5) is 0 Å². The third-order valence-corrected chi connectivity index (χ3v) is 4.11. The Bertz CT molecular complexity index is 461. The molecule has 0 amide bonds. The maximum Gasteiger partial charge on any atom is 0.164 e. The van der Waals surface area contributed by atoms with Crippen molar-refractivity contribution in [3.05, 3.63) is 29.3 Å². The number of Topliss-reactive ketones (excluding diaryl/α,β-unsaturated/α-hetero) is 1. The number of fused-ring (bicyclic) bond motifs is 1. The lowest BCUT2D eigenvalue weighted by molar-refractivity contribution is -0.139. The van der Waals surface area contributed by atoms with E-state index in [0.29, 0.717) is 12.8 Å². The molecule has 0 bridgehead atoms. The van der Waals surface area contributed by atoms with Gasteiger partial charge in [-0.3, -0.25) is 4.79 Å². The van der Waals surface area contributed by atoms with Gasteiger partial charge in [0.15, 0.2) is 5.78 Å². The van der Waals surface area contributed by atoms with Crippen molar-refractivity contribution < 1.29 is 14.3 Å². The van der Waals surface area contributed by atoms with Crippen LogP contribution >= 0.6 is 0 Å². The number of benzene rings is 1. The summed E-state index contributed by atoms with van der Waals surface area (Å²) in [4.78, 5) is 12.2. The van der Waals surface area contributed by atoms with Gasteiger partial charge in [0.25, 0.3) is 0 Å². The first-order chi connectivity index (χ1) is 9.09. The molecule has 1 aliphatic rings. The predicted molar refractivity (Wildman–Crippen MR) is 74.7 cm³/mol. The summed E-state index contributed by atoms with van der Waals surface area (Å²) >= 11 is 0. The van der Waals surface area contributed by atoms with Crippen molar-refractivity contribution >= 4 is 5.78 Å². The van der Waals surface area contributed by atoms with E-state index < -0.39 is 5.60 Å². The number of hydrogen-bond acceptors (Lipinski definition) is 3. The molecule has 0 N–H and O–H groups in total. The fraction of sp³-hybridized carbons (Fsp3) is 0.562. The van der Waals surface area contributed by atoms with E-state index in [2.05, 4.69) is 6.07 Å². The molecule has 0 saturated heterocycles. The molecule has 104 valence electrons. The number of ketones is 1. The first kappa shape index (κ1) is 14.1. The van der Waals surface area contributed by atoms with Gasteiger partial charge < -0.3 is 9.47 Å². The van der Waals surface area contributed by atoms with E-state index >= 15 is 0 Å². The predicted octanol–water partition coefficient (Wildman–Crippen LogP) is 2.94. The van der Waals surface area contributed by atoms with E-state index in [1.165, 1.54) is 11.1 Å². The highest BCUT2D eigenvalue weighted by Crippen LogP contribution is 2.27. The van der Waals surface area contributed by atoms with E-state index in [0.717, 1.165) is 25.2 Å². The van der Waals surface area contributed by atoms with E-state index in [9.17, 15) is 4.79 Å². The molecular weight excluding hydrogens is 240 g/mol. The van der Waals surface area contributed by atoms with Crippen molar-refractivity contribution in [3.63, 3.8) is 0 Å². The fourth-order valence-electron chi connectivity index (χ4n) is 2.37. The minimum Gasteiger partial charge on any atom is -0.493 e. The first-order valence-corrected chi connectivity index (χ1v) is 6.92. The number of ether oxygens (including phenoxy) is 2. The molecule has 0 saturated carbocycles. The molecule has 1 aliphatic heterocycles. The van der Waals surface area contributed by atoms with Gasteiger partial charge in [-0.05, 0) is 37.0 Å². The summed E-state index contributed by atoms with van der Waals surface area (Å²) in [7, 11) is 1.61. The highest BCUT2D eigenvalue weighted by Gasteiger charge is 2.29. The zero-order valence-corrected chi connectivity index (χ0v) is 12.0. The fourth-order valence-corrected chi connectivity index (χ4v) is 2.37. The summed E-state index contributed by atoms with van der Waals surface area (Å²) in [6.07, 6.45) is 2.98. The van der Waals surface area contributed by atoms with Gasteiger partial charge >= 0.3 is 0 Å². The number of aryl methyl sites for hydroxylation is 1. The summed E-state index contributed by atoms with van der Waals surface area (Å²) < 4.78 is 10.8. The van der Waals surface area contributed by atoms with Crippen LogP contribution in [-0.4, -0.2) is 25.1 Å². The monoisotopic (exact) mass is 262 g/mol. The molecule has 1 aromatic carbocycles. The minimum absolute atomic E-state index is 0.175. The van der Waals surface area contributed by atoms with Crippen LogP contribution in [0.25, 0.3) is 0 Å². The Kier molecular flexibility index (Phi) is 4.25. The van der Waals surface area contributed by atoms with Crippen LogP contribution in [0.15, 0.2) is 18.2 Å². The Balaban J connectivity index is 1.97. The van der Waals surface area contributed by atoms with E-state index in [-0.39, 0.29) is 5.78 Å². The molecule has 1 unspecified atom stereocenters. The molecule has 0 aliphatic carbocycles. The van der Waals surface area contributed by atoms with Crippen molar-refractivity contribution in [3.8, 4) is 5.75 Å². The van der Waals surface area contributed by atoms with Crippen LogP contribution in [0.1, 0.15) is 37.8 Å². The summed E-state index contributed by atoms with van der Waals surface area (Å²) in [5, 5.41) is 0. The molecule has 0 radical (unpaired) electrons. The van der Waals surface area contributed by atoms with E-state index in [1.807, 2.05) is 26.0 Å². The van der Waals surface area contributed by atoms with E-state index in [1.54, 1.807) is 7.11 Å². The van der Waals surface area contributed by atoms with Crippen LogP contribution in [0.5, 0.6) is 5.75 Å². The van der Waals surface area contributed by atoms with Crippen LogP contribution in [0.3, 0.4) is 0 Å². The van der Waals surface area contributed by atoms with Gasteiger partial charge in [0.05, 0.1) is 6.61 Å². The molecule has 19 heavy (non-hydrogen) atoms. The number of rotatable bonds is 6. The van der Waals surface area contributed by atoms with E-state index in [4.69, 9.17) is 9.47 Å². The standard InChI is InChI=1S/C16H22O3/c1-4-16(2,18-3)15(17)8-6-12-5-7-14-13(11-12)9-10-19-14/h5,7,11H,4,6,8-10H2,1-3H3. The quantitative estimate of drug-likeness (QED) is 0.790. The normalized spacial score (nSPS) is 16.6. The Labute approximate surface area is 114 Å². The lowest BCUT2D eigenvalue weighted by atomic mass is 9.92. The topological polar surface area (TPSA) is 35.5 Å². The summed E-state index contributed by atoms with van der Waals surface area (Å²) in [6.45, 7) is 4.62. The molecule has 2 rings (SSSR count). The Morgan fingerprint density at radius 3 is 2.95 bits per heavy atom. The number of carbonyl (C=O) groups is 1. The SMILES string of the molecule is CCC(C)(OC)C(=O)CCc1ccc2c(c1)CCO2. The van der Waals surface area contributed by atoms with Crippen molar-refractivity contribution in [2.24, 2.45) is 0 Å². The van der Waals surface area contributed by atoms with Gasteiger partial charge in [0.2, 0.25) is 0 Å². The molecule has 3 heteroatoms. The van der Waals surface area contributed by atoms with Gasteiger partial charge in [-0.2, -0.15) is 0 Å². The smallest absolute Gasteiger partial charge is 0.164 e. The second kappa shape index (κ2) is 5.74. The lowest BCUT2D eigenvalue weighted by Crippen LogP contribution is -2.36. The molecule has 1 aromatic rings. The third-order valence-electron chi connectivity index (χ3n) is 4.11. The summed E-state index contributed by atoms with van der Waals surface area (Å²) in [5.74, 6) is 1.17. The van der Waals surface area contributed by atoms with Crippen LogP contribution in [0.2, 0.25) is 0 Å². The van der Waals surface area contributed by atoms with Crippen molar-refractivity contribution in [1.29, 1.82) is 0 Å². The zero-order valence-electron chi connectivity index (χ0n) is 12.0. The number of carbonyl (C=O) groups excluding carboxylic acids is 1. The summed E-state index contributed by atoms with van der Waals surface area (Å²) in [5.41, 5.74) is 1.82. The lowest BCUT2D eigenvalue weighted by Gasteiger charge is -2.24. The molecule has 0 fully saturated rings. The molecule has 1 heterocycles. The van der Waals surface area contributed by atoms with Crippen LogP contribution in [-0.2, 0) is 22.4 Å². The third kappa shape index (κ3) is 2.98. The van der Waals surface area contributed by atoms with Gasteiger partial charge in [-0.25, -0.2) is 0 Å². The molecular formula is C16H22O3. The van der Waals surface area contributed by atoms with Crippen molar-refractivity contribution in [1.82, 2.24) is 0 Å². The minimum atomic E-state index is -0.639. The summed E-state index contributed by atoms with van der Waals surface area (Å²) in [6, 6.07) is 6.22. The largest absolute Gasteiger partial charge is 0.493 e. The molecule has 0 spiro atoms. The van der Waals surface area contributed by atoms with Crippen LogP contribution in [0, 0.1) is 0 Å². The van der Waals surface area contributed by atoms with Crippen molar-refractivity contribution in [2.75, 3.05) is 13.7 Å². The molecule has 1 atom stereocenters. The highest BCUT2D eigenvalue weighted by atomic mass is 16.5. The number of methoxy groups -OCH3 is 1. The zero-order chi connectivity index (χ0) is 13.9. The van der Waals surface area contributed by atoms with Crippen LogP contribution < -0.4 is 4.74 Å². The van der Waals surface area contributed by atoms with Gasteiger partial charge in [-0.1, -0.05) is 19.1 Å². The van der Waals surface area contributed by atoms with Gasteiger partial charge in [0, 0.05) is 20.0 Å².